The Morgan fingerprint density at radius 1 is 1.24 bits per heavy atom. The highest BCUT2D eigenvalue weighted by molar-refractivity contribution is 7.92. The Morgan fingerprint density at radius 2 is 1.90 bits per heavy atom. The highest BCUT2D eigenvalue weighted by Gasteiger charge is 2.28. The molecule has 0 saturated carbocycles. The number of nitrogens with zero attached hydrogens (tertiary/aromatic N) is 2. The first-order valence-electron chi connectivity index (χ1n) is 7.07. The first-order valence-corrected chi connectivity index (χ1v) is 8.73. The Labute approximate surface area is 126 Å². The third-order valence-electron chi connectivity index (χ3n) is 3.58. The number of para-hydroxylation sites is 1. The number of aromatic nitrogens is 2. The Kier molecular flexibility index (Phi) is 4.39. The van der Waals surface area contributed by atoms with E-state index in [2.05, 4.69) is 10.4 Å². The van der Waals surface area contributed by atoms with Crippen molar-refractivity contribution in [1.29, 1.82) is 0 Å². The smallest absolute Gasteiger partial charge is 0.157 e. The Bertz CT molecular complexity index is 727. The van der Waals surface area contributed by atoms with E-state index in [1.807, 2.05) is 31.3 Å². The van der Waals surface area contributed by atoms with Crippen LogP contribution >= 0.6 is 0 Å². The van der Waals surface area contributed by atoms with Crippen LogP contribution in [0.2, 0.25) is 0 Å². The lowest BCUT2D eigenvalue weighted by molar-refractivity contribution is 0.549. The molecule has 1 N–H and O–H groups in total. The van der Waals surface area contributed by atoms with Gasteiger partial charge in [-0.25, -0.2) is 8.42 Å². The average molecular weight is 309 g/mol. The Hall–Kier alpha value is -1.40. The topological polar surface area (TPSA) is 64.0 Å². The van der Waals surface area contributed by atoms with Crippen LogP contribution in [0.5, 0.6) is 0 Å². The Balaban J connectivity index is 2.31. The molecule has 1 aromatic carbocycles. The monoisotopic (exact) mass is 309 g/mol. The highest BCUT2D eigenvalue weighted by Crippen LogP contribution is 2.20. The van der Waals surface area contributed by atoms with Gasteiger partial charge in [0.15, 0.2) is 9.84 Å². The van der Waals surface area contributed by atoms with E-state index in [-0.39, 0.29) is 5.75 Å². The molecule has 0 radical (unpaired) electrons. The van der Waals surface area contributed by atoms with E-state index < -0.39 is 14.6 Å². The predicted octanol–water partition coefficient (Wildman–Crippen LogP) is 1.97. The molecule has 1 heterocycles. The van der Waals surface area contributed by atoms with Crippen LogP contribution in [0, 0.1) is 0 Å². The van der Waals surface area contributed by atoms with Crippen LogP contribution < -0.4 is 5.32 Å². The Morgan fingerprint density at radius 3 is 2.52 bits per heavy atom. The zero-order valence-corrected chi connectivity index (χ0v) is 13.9. The van der Waals surface area contributed by atoms with E-state index in [0.29, 0.717) is 13.1 Å². The van der Waals surface area contributed by atoms with E-state index in [0.717, 1.165) is 16.6 Å². The summed E-state index contributed by atoms with van der Waals surface area (Å²) in [6, 6.07) is 7.91. The predicted molar refractivity (Wildman–Crippen MR) is 86.0 cm³/mol. The molecular formula is C15H23N3O2S. The summed E-state index contributed by atoms with van der Waals surface area (Å²) in [6.45, 7) is 6.24. The summed E-state index contributed by atoms with van der Waals surface area (Å²) in [4.78, 5) is 0. The van der Waals surface area contributed by atoms with Crippen LogP contribution in [0.15, 0.2) is 24.3 Å². The lowest BCUT2D eigenvalue weighted by Crippen LogP contribution is -2.32. The lowest BCUT2D eigenvalue weighted by Gasteiger charge is -2.19. The highest BCUT2D eigenvalue weighted by atomic mass is 32.2. The third kappa shape index (κ3) is 3.27. The summed E-state index contributed by atoms with van der Waals surface area (Å²) in [5.41, 5.74) is 1.92. The normalized spacial score (nSPS) is 13.0. The molecule has 0 unspecified atom stereocenters. The van der Waals surface area contributed by atoms with Crippen molar-refractivity contribution in [3.8, 4) is 0 Å². The van der Waals surface area contributed by atoms with Gasteiger partial charge in [-0.15, -0.1) is 0 Å². The molecule has 0 atom stereocenters. The van der Waals surface area contributed by atoms with Gasteiger partial charge in [-0.1, -0.05) is 18.2 Å². The number of sulfone groups is 1. The van der Waals surface area contributed by atoms with Crippen molar-refractivity contribution in [2.45, 2.75) is 38.6 Å². The van der Waals surface area contributed by atoms with Crippen molar-refractivity contribution in [2.24, 2.45) is 0 Å². The van der Waals surface area contributed by atoms with Gasteiger partial charge in [-0.05, 0) is 33.9 Å². The summed E-state index contributed by atoms with van der Waals surface area (Å²) >= 11 is 0. The second-order valence-corrected chi connectivity index (χ2v) is 9.01. The molecule has 2 aromatic rings. The second kappa shape index (κ2) is 5.77. The number of aryl methyl sites for hydroxylation is 1. The van der Waals surface area contributed by atoms with Gasteiger partial charge in [-0.2, -0.15) is 5.10 Å². The fraction of sp³-hybridized carbons (Fsp3) is 0.533. The van der Waals surface area contributed by atoms with E-state index >= 15 is 0 Å². The zero-order chi connectivity index (χ0) is 15.7. The fourth-order valence-corrected chi connectivity index (χ4v) is 3.20. The maximum Gasteiger partial charge on any atom is 0.157 e. The van der Waals surface area contributed by atoms with Crippen molar-refractivity contribution in [2.75, 3.05) is 12.8 Å². The van der Waals surface area contributed by atoms with Gasteiger partial charge in [0.2, 0.25) is 0 Å². The molecule has 0 aliphatic rings. The minimum absolute atomic E-state index is 0.0984. The largest absolute Gasteiger partial charge is 0.314 e. The van der Waals surface area contributed by atoms with E-state index in [9.17, 15) is 8.42 Å². The van der Waals surface area contributed by atoms with Crippen LogP contribution in [0.4, 0.5) is 0 Å². The molecule has 21 heavy (non-hydrogen) atoms. The molecule has 0 bridgehead atoms. The molecule has 5 nitrogen and oxygen atoms in total. The van der Waals surface area contributed by atoms with Crippen LogP contribution in [-0.2, 0) is 22.9 Å². The molecule has 0 aliphatic heterocycles. The van der Waals surface area contributed by atoms with Gasteiger partial charge in [0.25, 0.3) is 0 Å². The van der Waals surface area contributed by atoms with Gasteiger partial charge < -0.3 is 5.32 Å². The first-order chi connectivity index (χ1) is 9.76. The molecule has 116 valence electrons. The number of hydrogen-bond acceptors (Lipinski definition) is 4. The maximum absolute atomic E-state index is 12.2. The number of rotatable bonds is 5. The molecule has 1 aromatic heterocycles. The van der Waals surface area contributed by atoms with Crippen molar-refractivity contribution in [3.63, 3.8) is 0 Å². The summed E-state index contributed by atoms with van der Waals surface area (Å²) in [7, 11) is -1.27. The van der Waals surface area contributed by atoms with Crippen LogP contribution in [-0.4, -0.2) is 35.7 Å². The number of nitrogens with one attached hydrogen (secondary N) is 1. The summed E-state index contributed by atoms with van der Waals surface area (Å²) in [5, 5.41) is 8.72. The molecule has 0 amide bonds. The number of fused-ring (bicyclic) bond motifs is 1. The van der Waals surface area contributed by atoms with Crippen LogP contribution in [0.25, 0.3) is 10.9 Å². The van der Waals surface area contributed by atoms with E-state index in [1.54, 1.807) is 25.5 Å². The van der Waals surface area contributed by atoms with E-state index in [1.165, 1.54) is 0 Å². The van der Waals surface area contributed by atoms with Crippen molar-refractivity contribution in [3.05, 3.63) is 30.0 Å². The van der Waals surface area contributed by atoms with Crippen molar-refractivity contribution < 1.29 is 8.42 Å². The number of hydrogen-bond donors (Lipinski definition) is 1. The van der Waals surface area contributed by atoms with Crippen LogP contribution in [0.1, 0.15) is 26.5 Å². The molecule has 0 spiro atoms. The van der Waals surface area contributed by atoms with Crippen LogP contribution in [0.3, 0.4) is 0 Å². The standard InChI is InChI=1S/C15H23N3O2S/c1-15(2,3)21(19,20)10-9-18-14-8-6-5-7-12(14)13(17-18)11-16-4/h5-8,16H,9-11H2,1-4H3. The van der Waals surface area contributed by atoms with Gasteiger partial charge in [0, 0.05) is 11.9 Å². The van der Waals surface area contributed by atoms with Gasteiger partial charge >= 0.3 is 0 Å². The lowest BCUT2D eigenvalue weighted by atomic mass is 10.2. The first kappa shape index (κ1) is 16.0. The molecular weight excluding hydrogens is 286 g/mol. The quantitative estimate of drug-likeness (QED) is 0.917. The summed E-state index contributed by atoms with van der Waals surface area (Å²) in [6.07, 6.45) is 0. The third-order valence-corrected chi connectivity index (χ3v) is 6.17. The van der Waals surface area contributed by atoms with Crippen molar-refractivity contribution in [1.82, 2.24) is 15.1 Å². The summed E-state index contributed by atoms with van der Waals surface area (Å²) < 4.78 is 25.5. The molecule has 2 rings (SSSR count). The number of benzene rings is 1. The van der Waals surface area contributed by atoms with Gasteiger partial charge in [0.1, 0.15) is 0 Å². The second-order valence-electron chi connectivity index (χ2n) is 6.15. The minimum Gasteiger partial charge on any atom is -0.314 e. The SMILES string of the molecule is CNCc1nn(CCS(=O)(=O)C(C)(C)C)c2ccccc12. The minimum atomic E-state index is -3.14. The maximum atomic E-state index is 12.2. The molecule has 6 heteroatoms. The summed E-state index contributed by atoms with van der Waals surface area (Å²) in [5.74, 6) is 0.0984. The molecule has 0 saturated heterocycles. The average Bonchev–Trinajstić information content (AvgIpc) is 2.75. The van der Waals surface area contributed by atoms with Gasteiger partial charge in [-0.3, -0.25) is 4.68 Å². The zero-order valence-electron chi connectivity index (χ0n) is 13.0. The van der Waals surface area contributed by atoms with Crippen molar-refractivity contribution >= 4 is 20.7 Å². The van der Waals surface area contributed by atoms with Gasteiger partial charge in [0.05, 0.1) is 28.3 Å². The molecule has 0 fully saturated rings. The molecule has 0 aliphatic carbocycles. The van der Waals surface area contributed by atoms with E-state index in [4.69, 9.17) is 0 Å². The fourth-order valence-electron chi connectivity index (χ4n) is 2.18.